The zero-order chi connectivity index (χ0) is 15.0. The highest BCUT2D eigenvalue weighted by Crippen LogP contribution is 2.26. The van der Waals surface area contributed by atoms with Gasteiger partial charge in [0, 0.05) is 11.1 Å². The molecule has 0 bridgehead atoms. The number of rotatable bonds is 2. The summed E-state index contributed by atoms with van der Waals surface area (Å²) in [6.07, 6.45) is 0. The zero-order valence-corrected chi connectivity index (χ0v) is 12.0. The Morgan fingerprint density at radius 3 is 2.33 bits per heavy atom. The monoisotopic (exact) mass is 278 g/mol. The van der Waals surface area contributed by atoms with Crippen LogP contribution in [-0.4, -0.2) is 5.78 Å². The molecular formula is C19H15FO. The third kappa shape index (κ3) is 2.45. The lowest BCUT2D eigenvalue weighted by molar-refractivity contribution is 0.103. The first-order valence-electron chi connectivity index (χ1n) is 6.86. The van der Waals surface area contributed by atoms with Crippen LogP contribution in [0, 0.1) is 19.7 Å². The van der Waals surface area contributed by atoms with E-state index in [0.29, 0.717) is 11.1 Å². The third-order valence-electron chi connectivity index (χ3n) is 3.72. The predicted molar refractivity (Wildman–Crippen MR) is 83.3 cm³/mol. The van der Waals surface area contributed by atoms with E-state index in [1.807, 2.05) is 38.1 Å². The number of ketones is 1. The summed E-state index contributed by atoms with van der Waals surface area (Å²) in [5.41, 5.74) is 3.29. The van der Waals surface area contributed by atoms with Gasteiger partial charge in [-0.1, -0.05) is 35.9 Å². The summed E-state index contributed by atoms with van der Waals surface area (Å²) in [7, 11) is 0. The van der Waals surface area contributed by atoms with Crippen molar-refractivity contribution in [1.29, 1.82) is 0 Å². The summed E-state index contributed by atoms with van der Waals surface area (Å²) in [6, 6.07) is 15.7. The van der Waals surface area contributed by atoms with Crippen molar-refractivity contribution in [2.45, 2.75) is 13.8 Å². The number of hydrogen-bond donors (Lipinski definition) is 0. The van der Waals surface area contributed by atoms with E-state index in [1.165, 1.54) is 24.3 Å². The van der Waals surface area contributed by atoms with Gasteiger partial charge >= 0.3 is 0 Å². The lowest BCUT2D eigenvalue weighted by Gasteiger charge is -2.10. The van der Waals surface area contributed by atoms with Crippen LogP contribution in [0.25, 0.3) is 10.8 Å². The average Bonchev–Trinajstić information content (AvgIpc) is 2.47. The summed E-state index contributed by atoms with van der Waals surface area (Å²) in [5, 5.41) is 1.99. The minimum Gasteiger partial charge on any atom is -0.289 e. The minimum atomic E-state index is -0.336. The average molecular weight is 278 g/mol. The molecule has 0 radical (unpaired) electrons. The van der Waals surface area contributed by atoms with E-state index in [-0.39, 0.29) is 11.6 Å². The molecule has 0 aliphatic heterocycles. The number of carbonyl (C=O) groups excluding carboxylic acids is 1. The second kappa shape index (κ2) is 5.13. The van der Waals surface area contributed by atoms with Crippen LogP contribution < -0.4 is 0 Å². The molecule has 1 nitrogen and oxygen atoms in total. The van der Waals surface area contributed by atoms with E-state index in [2.05, 4.69) is 6.07 Å². The molecule has 0 atom stereocenters. The topological polar surface area (TPSA) is 17.1 Å². The Labute approximate surface area is 123 Å². The fraction of sp³-hybridized carbons (Fsp3) is 0.105. The molecule has 0 spiro atoms. The Hall–Kier alpha value is -2.48. The van der Waals surface area contributed by atoms with Crippen molar-refractivity contribution in [2.75, 3.05) is 0 Å². The summed E-state index contributed by atoms with van der Waals surface area (Å²) in [4.78, 5) is 12.8. The molecule has 3 aromatic rings. The molecule has 0 aromatic heterocycles. The summed E-state index contributed by atoms with van der Waals surface area (Å²) < 4.78 is 13.0. The third-order valence-corrected chi connectivity index (χ3v) is 3.72. The van der Waals surface area contributed by atoms with Crippen LogP contribution in [0.1, 0.15) is 27.0 Å². The molecular weight excluding hydrogens is 263 g/mol. The second-order valence-electron chi connectivity index (χ2n) is 5.32. The summed E-state index contributed by atoms with van der Waals surface area (Å²) >= 11 is 0. The van der Waals surface area contributed by atoms with Gasteiger partial charge in [0.05, 0.1) is 0 Å². The number of aryl methyl sites for hydroxylation is 2. The van der Waals surface area contributed by atoms with Gasteiger partial charge in [-0.25, -0.2) is 4.39 Å². The molecule has 104 valence electrons. The van der Waals surface area contributed by atoms with E-state index in [1.54, 1.807) is 0 Å². The standard InChI is InChI=1S/C19H15FO/c1-12-3-10-17-15(11-12)5-4-13(2)18(17)19(21)14-6-8-16(20)9-7-14/h3-11H,1-2H3. The Balaban J connectivity index is 2.21. The van der Waals surface area contributed by atoms with E-state index < -0.39 is 0 Å². The van der Waals surface area contributed by atoms with E-state index in [9.17, 15) is 9.18 Å². The molecule has 21 heavy (non-hydrogen) atoms. The van der Waals surface area contributed by atoms with Crippen LogP contribution in [0.5, 0.6) is 0 Å². The summed E-state index contributed by atoms with van der Waals surface area (Å²) in [6.45, 7) is 3.96. The molecule has 0 aliphatic carbocycles. The van der Waals surface area contributed by atoms with Crippen LogP contribution in [0.2, 0.25) is 0 Å². The van der Waals surface area contributed by atoms with Gasteiger partial charge in [0.25, 0.3) is 0 Å². The van der Waals surface area contributed by atoms with Crippen molar-refractivity contribution in [3.8, 4) is 0 Å². The SMILES string of the molecule is Cc1ccc2c(C(=O)c3ccc(F)cc3)c(C)ccc2c1. The van der Waals surface area contributed by atoms with Crippen molar-refractivity contribution in [2.24, 2.45) is 0 Å². The first-order valence-corrected chi connectivity index (χ1v) is 6.86. The van der Waals surface area contributed by atoms with E-state index in [4.69, 9.17) is 0 Å². The molecule has 0 heterocycles. The molecule has 0 fully saturated rings. The van der Waals surface area contributed by atoms with Gasteiger partial charge in [-0.05, 0) is 54.4 Å². The van der Waals surface area contributed by atoms with Crippen LogP contribution in [0.4, 0.5) is 4.39 Å². The predicted octanol–water partition coefficient (Wildman–Crippen LogP) is 4.83. The van der Waals surface area contributed by atoms with Crippen molar-refractivity contribution in [3.63, 3.8) is 0 Å². The largest absolute Gasteiger partial charge is 0.289 e. The van der Waals surface area contributed by atoms with Gasteiger partial charge < -0.3 is 0 Å². The van der Waals surface area contributed by atoms with Crippen molar-refractivity contribution < 1.29 is 9.18 Å². The molecule has 0 saturated carbocycles. The van der Waals surface area contributed by atoms with Crippen molar-refractivity contribution in [3.05, 3.63) is 82.7 Å². The van der Waals surface area contributed by atoms with Gasteiger partial charge in [0.1, 0.15) is 5.82 Å². The smallest absolute Gasteiger partial charge is 0.193 e. The van der Waals surface area contributed by atoms with Crippen LogP contribution in [-0.2, 0) is 0 Å². The van der Waals surface area contributed by atoms with Gasteiger partial charge in [-0.3, -0.25) is 4.79 Å². The Bertz CT molecular complexity index is 832. The quantitative estimate of drug-likeness (QED) is 0.614. The molecule has 0 N–H and O–H groups in total. The normalized spacial score (nSPS) is 10.8. The zero-order valence-electron chi connectivity index (χ0n) is 12.0. The Kier molecular flexibility index (Phi) is 3.30. The van der Waals surface area contributed by atoms with Gasteiger partial charge in [-0.2, -0.15) is 0 Å². The molecule has 0 saturated heterocycles. The first kappa shape index (κ1) is 13.5. The highest BCUT2D eigenvalue weighted by molar-refractivity contribution is 6.17. The van der Waals surface area contributed by atoms with Gasteiger partial charge in [0.2, 0.25) is 0 Å². The summed E-state index contributed by atoms with van der Waals surface area (Å²) in [5.74, 6) is -0.404. The van der Waals surface area contributed by atoms with Crippen LogP contribution in [0.15, 0.2) is 54.6 Å². The van der Waals surface area contributed by atoms with Crippen LogP contribution in [0.3, 0.4) is 0 Å². The number of carbonyl (C=O) groups is 1. The second-order valence-corrected chi connectivity index (χ2v) is 5.32. The Morgan fingerprint density at radius 2 is 1.62 bits per heavy atom. The van der Waals surface area contributed by atoms with Gasteiger partial charge in [0.15, 0.2) is 5.78 Å². The number of halogens is 1. The first-order chi connectivity index (χ1) is 10.1. The molecule has 3 rings (SSSR count). The maximum absolute atomic E-state index is 13.0. The lowest BCUT2D eigenvalue weighted by Crippen LogP contribution is -2.05. The van der Waals surface area contributed by atoms with Gasteiger partial charge in [-0.15, -0.1) is 0 Å². The van der Waals surface area contributed by atoms with Crippen molar-refractivity contribution in [1.82, 2.24) is 0 Å². The number of hydrogen-bond acceptors (Lipinski definition) is 1. The van der Waals surface area contributed by atoms with Crippen molar-refractivity contribution >= 4 is 16.6 Å². The fourth-order valence-corrected chi connectivity index (χ4v) is 2.61. The lowest BCUT2D eigenvalue weighted by atomic mass is 9.92. The number of benzene rings is 3. The van der Waals surface area contributed by atoms with E-state index >= 15 is 0 Å². The highest BCUT2D eigenvalue weighted by Gasteiger charge is 2.15. The Morgan fingerprint density at radius 1 is 0.905 bits per heavy atom. The fourth-order valence-electron chi connectivity index (χ4n) is 2.61. The van der Waals surface area contributed by atoms with Crippen LogP contribution >= 0.6 is 0 Å². The molecule has 0 amide bonds. The molecule has 0 aliphatic rings. The van der Waals surface area contributed by atoms with E-state index in [0.717, 1.165) is 21.9 Å². The maximum atomic E-state index is 13.0. The molecule has 3 aromatic carbocycles. The highest BCUT2D eigenvalue weighted by atomic mass is 19.1. The molecule has 0 unspecified atom stereocenters. The molecule has 2 heteroatoms. The maximum Gasteiger partial charge on any atom is 0.193 e. The minimum absolute atomic E-state index is 0.0676. The number of fused-ring (bicyclic) bond motifs is 1.